The van der Waals surface area contributed by atoms with Gasteiger partial charge in [-0.05, 0) is 19.4 Å². The average Bonchev–Trinajstić information content (AvgIpc) is 2.79. The molecule has 0 amide bonds. The van der Waals surface area contributed by atoms with Gasteiger partial charge in [-0.15, -0.1) is 6.58 Å². The lowest BCUT2D eigenvalue weighted by atomic mass is 10.1. The highest BCUT2D eigenvalue weighted by atomic mass is 16.5. The van der Waals surface area contributed by atoms with Crippen molar-refractivity contribution < 1.29 is 9.15 Å². The monoisotopic (exact) mass is 287 g/mol. The van der Waals surface area contributed by atoms with Gasteiger partial charge < -0.3 is 14.5 Å². The second kappa shape index (κ2) is 7.43. The molecule has 2 rings (SSSR count). The maximum atomic E-state index is 5.97. The van der Waals surface area contributed by atoms with Crippen LogP contribution in [0.25, 0.3) is 11.0 Å². The summed E-state index contributed by atoms with van der Waals surface area (Å²) in [6, 6.07) is 8.56. The van der Waals surface area contributed by atoms with Gasteiger partial charge in [-0.3, -0.25) is 0 Å². The van der Waals surface area contributed by atoms with E-state index < -0.39 is 0 Å². The minimum atomic E-state index is 0.426. The first-order valence-electron chi connectivity index (χ1n) is 7.52. The van der Waals surface area contributed by atoms with Crippen molar-refractivity contribution in [1.82, 2.24) is 5.32 Å². The van der Waals surface area contributed by atoms with E-state index in [1.165, 1.54) is 0 Å². The van der Waals surface area contributed by atoms with Crippen molar-refractivity contribution in [1.29, 1.82) is 0 Å². The molecule has 114 valence electrons. The van der Waals surface area contributed by atoms with E-state index in [4.69, 9.17) is 9.15 Å². The highest BCUT2D eigenvalue weighted by Crippen LogP contribution is 2.26. The molecule has 0 radical (unpaired) electrons. The van der Waals surface area contributed by atoms with E-state index in [9.17, 15) is 0 Å². The van der Waals surface area contributed by atoms with Gasteiger partial charge in [0, 0.05) is 17.0 Å². The Bertz CT molecular complexity index is 598. The molecule has 0 fully saturated rings. The molecule has 0 bridgehead atoms. The zero-order chi connectivity index (χ0) is 15.2. The molecule has 0 atom stereocenters. The number of nitrogens with one attached hydrogen (secondary N) is 1. The summed E-state index contributed by atoms with van der Waals surface area (Å²) >= 11 is 0. The van der Waals surface area contributed by atoms with Crippen molar-refractivity contribution in [2.45, 2.75) is 46.4 Å². The Balaban J connectivity index is 2.13. The van der Waals surface area contributed by atoms with Crippen molar-refractivity contribution in [2.24, 2.45) is 0 Å². The normalized spacial score (nSPS) is 11.4. The van der Waals surface area contributed by atoms with Crippen LogP contribution in [-0.4, -0.2) is 12.6 Å². The maximum Gasteiger partial charge on any atom is 0.134 e. The van der Waals surface area contributed by atoms with Crippen molar-refractivity contribution >= 4 is 11.0 Å². The van der Waals surface area contributed by atoms with Crippen LogP contribution in [0.1, 0.15) is 38.5 Å². The predicted molar refractivity (Wildman–Crippen MR) is 87.3 cm³/mol. The summed E-state index contributed by atoms with van der Waals surface area (Å²) in [7, 11) is 0. The van der Waals surface area contributed by atoms with E-state index in [2.05, 4.69) is 31.8 Å². The van der Waals surface area contributed by atoms with Gasteiger partial charge in [0.05, 0.1) is 19.8 Å². The van der Waals surface area contributed by atoms with Crippen molar-refractivity contribution in [3.05, 3.63) is 47.7 Å². The Labute approximate surface area is 127 Å². The summed E-state index contributed by atoms with van der Waals surface area (Å²) in [5.41, 5.74) is 3.23. The van der Waals surface area contributed by atoms with E-state index in [0.717, 1.165) is 40.8 Å². The highest BCUT2D eigenvalue weighted by molar-refractivity contribution is 5.82. The third-order valence-electron chi connectivity index (χ3n) is 3.37. The van der Waals surface area contributed by atoms with Gasteiger partial charge in [0.25, 0.3) is 0 Å². The van der Waals surface area contributed by atoms with E-state index in [1.54, 1.807) is 0 Å². The standard InChI is InChI=1S/C18H25NO2/c1-13(2)9-10-20-12-16-15-7-5-6-8-17(15)21-18(16)11-19-14(3)4/h5-8,14,19H,1,9-12H2,2-4H3. The van der Waals surface area contributed by atoms with Crippen LogP contribution in [0.2, 0.25) is 0 Å². The van der Waals surface area contributed by atoms with Gasteiger partial charge >= 0.3 is 0 Å². The molecule has 1 heterocycles. The van der Waals surface area contributed by atoms with Crippen LogP contribution in [0, 0.1) is 0 Å². The summed E-state index contributed by atoms with van der Waals surface area (Å²) in [5.74, 6) is 0.972. The molecule has 21 heavy (non-hydrogen) atoms. The zero-order valence-electron chi connectivity index (χ0n) is 13.2. The number of fused-ring (bicyclic) bond motifs is 1. The van der Waals surface area contributed by atoms with Gasteiger partial charge in [-0.2, -0.15) is 0 Å². The van der Waals surface area contributed by atoms with Gasteiger partial charge in [-0.25, -0.2) is 0 Å². The molecule has 2 aromatic rings. The van der Waals surface area contributed by atoms with Crippen LogP contribution in [0.5, 0.6) is 0 Å². The Morgan fingerprint density at radius 1 is 1.33 bits per heavy atom. The summed E-state index contributed by atoms with van der Waals surface area (Å²) in [4.78, 5) is 0. The van der Waals surface area contributed by atoms with Gasteiger partial charge in [0.2, 0.25) is 0 Å². The first kappa shape index (κ1) is 15.8. The van der Waals surface area contributed by atoms with Crippen LogP contribution in [0.15, 0.2) is 40.8 Å². The molecular weight excluding hydrogens is 262 g/mol. The molecule has 1 aromatic carbocycles. The van der Waals surface area contributed by atoms with Crippen molar-refractivity contribution in [2.75, 3.05) is 6.61 Å². The highest BCUT2D eigenvalue weighted by Gasteiger charge is 2.14. The Hall–Kier alpha value is -1.58. The molecule has 0 unspecified atom stereocenters. The molecule has 0 spiro atoms. The van der Waals surface area contributed by atoms with E-state index in [-0.39, 0.29) is 0 Å². The summed E-state index contributed by atoms with van der Waals surface area (Å²) in [6.07, 6.45) is 0.898. The van der Waals surface area contributed by atoms with E-state index in [0.29, 0.717) is 19.3 Å². The molecule has 0 saturated carbocycles. The third kappa shape index (κ3) is 4.45. The Morgan fingerprint density at radius 3 is 2.81 bits per heavy atom. The summed E-state index contributed by atoms with van der Waals surface area (Å²) in [6.45, 7) is 12.2. The number of hydrogen-bond acceptors (Lipinski definition) is 3. The van der Waals surface area contributed by atoms with Crippen LogP contribution in [-0.2, 0) is 17.9 Å². The van der Waals surface area contributed by atoms with Crippen LogP contribution in [0.3, 0.4) is 0 Å². The quantitative estimate of drug-likeness (QED) is 0.576. The molecule has 0 saturated heterocycles. The lowest BCUT2D eigenvalue weighted by Gasteiger charge is -2.08. The zero-order valence-corrected chi connectivity index (χ0v) is 13.2. The molecule has 1 N–H and O–H groups in total. The molecule has 0 aliphatic rings. The maximum absolute atomic E-state index is 5.97. The largest absolute Gasteiger partial charge is 0.459 e. The lowest BCUT2D eigenvalue weighted by molar-refractivity contribution is 0.123. The topological polar surface area (TPSA) is 34.4 Å². The van der Waals surface area contributed by atoms with Gasteiger partial charge in [0.15, 0.2) is 0 Å². The molecular formula is C18H25NO2. The fourth-order valence-electron chi connectivity index (χ4n) is 2.17. The minimum Gasteiger partial charge on any atom is -0.459 e. The SMILES string of the molecule is C=C(C)CCOCc1c(CNC(C)C)oc2ccccc12. The Morgan fingerprint density at radius 2 is 2.10 bits per heavy atom. The van der Waals surface area contributed by atoms with Crippen LogP contribution >= 0.6 is 0 Å². The number of benzene rings is 1. The van der Waals surface area contributed by atoms with Crippen molar-refractivity contribution in [3.8, 4) is 0 Å². The van der Waals surface area contributed by atoms with E-state index in [1.807, 2.05) is 25.1 Å². The second-order valence-corrected chi connectivity index (χ2v) is 5.80. The first-order chi connectivity index (χ1) is 10.1. The minimum absolute atomic E-state index is 0.426. The third-order valence-corrected chi connectivity index (χ3v) is 3.37. The van der Waals surface area contributed by atoms with Crippen LogP contribution < -0.4 is 5.32 Å². The summed E-state index contributed by atoms with van der Waals surface area (Å²) < 4.78 is 11.8. The number of ether oxygens (including phenoxy) is 1. The predicted octanol–water partition coefficient (Wildman–Crippen LogP) is 4.41. The molecule has 0 aliphatic heterocycles. The molecule has 3 heteroatoms. The summed E-state index contributed by atoms with van der Waals surface area (Å²) in [5, 5.41) is 4.55. The fraction of sp³-hybridized carbons (Fsp3) is 0.444. The number of para-hydroxylation sites is 1. The van der Waals surface area contributed by atoms with E-state index >= 15 is 0 Å². The first-order valence-corrected chi connectivity index (χ1v) is 7.52. The lowest BCUT2D eigenvalue weighted by Crippen LogP contribution is -2.22. The Kier molecular flexibility index (Phi) is 5.59. The van der Waals surface area contributed by atoms with Gasteiger partial charge in [-0.1, -0.05) is 37.6 Å². The number of furan rings is 1. The number of hydrogen-bond donors (Lipinski definition) is 1. The van der Waals surface area contributed by atoms with Gasteiger partial charge in [0.1, 0.15) is 11.3 Å². The van der Waals surface area contributed by atoms with Crippen LogP contribution in [0.4, 0.5) is 0 Å². The molecule has 1 aromatic heterocycles. The average molecular weight is 287 g/mol. The number of rotatable bonds is 8. The van der Waals surface area contributed by atoms with Crippen molar-refractivity contribution in [3.63, 3.8) is 0 Å². The molecule has 3 nitrogen and oxygen atoms in total. The smallest absolute Gasteiger partial charge is 0.134 e. The fourth-order valence-corrected chi connectivity index (χ4v) is 2.17. The molecule has 0 aliphatic carbocycles. The second-order valence-electron chi connectivity index (χ2n) is 5.80.